The maximum Gasteiger partial charge on any atom is 0.141 e. The Balaban J connectivity index is 2.00. The zero-order valence-electron chi connectivity index (χ0n) is 8.84. The summed E-state index contributed by atoms with van der Waals surface area (Å²) in [6.45, 7) is 0.897. The van der Waals surface area contributed by atoms with Gasteiger partial charge in [-0.05, 0) is 37.6 Å². The SMILES string of the molecule is NC1CC(Nc2ccc(F)c(Cl)c2)CCN1. The van der Waals surface area contributed by atoms with Crippen molar-refractivity contribution in [2.24, 2.45) is 5.73 Å². The summed E-state index contributed by atoms with van der Waals surface area (Å²) in [5.41, 5.74) is 6.63. The van der Waals surface area contributed by atoms with Crippen LogP contribution in [0.25, 0.3) is 0 Å². The van der Waals surface area contributed by atoms with Gasteiger partial charge < -0.3 is 16.4 Å². The smallest absolute Gasteiger partial charge is 0.141 e. The molecule has 2 atom stereocenters. The molecule has 0 spiro atoms. The van der Waals surface area contributed by atoms with Gasteiger partial charge in [0, 0.05) is 11.7 Å². The second kappa shape index (κ2) is 4.99. The van der Waals surface area contributed by atoms with Gasteiger partial charge >= 0.3 is 0 Å². The van der Waals surface area contributed by atoms with Crippen LogP contribution in [0.1, 0.15) is 12.8 Å². The summed E-state index contributed by atoms with van der Waals surface area (Å²) in [4.78, 5) is 0. The number of halogens is 2. The van der Waals surface area contributed by atoms with Gasteiger partial charge in [0.05, 0.1) is 11.2 Å². The highest BCUT2D eigenvalue weighted by molar-refractivity contribution is 6.31. The van der Waals surface area contributed by atoms with Gasteiger partial charge in [0.15, 0.2) is 0 Å². The van der Waals surface area contributed by atoms with Crippen LogP contribution < -0.4 is 16.4 Å². The Morgan fingerprint density at radius 2 is 2.31 bits per heavy atom. The van der Waals surface area contributed by atoms with Crippen LogP contribution in [-0.2, 0) is 0 Å². The number of hydrogen-bond acceptors (Lipinski definition) is 3. The van der Waals surface area contributed by atoms with Crippen LogP contribution in [0.4, 0.5) is 10.1 Å². The van der Waals surface area contributed by atoms with E-state index in [1.54, 1.807) is 12.1 Å². The Morgan fingerprint density at radius 1 is 1.50 bits per heavy atom. The highest BCUT2D eigenvalue weighted by Crippen LogP contribution is 2.21. The molecule has 2 rings (SSSR count). The van der Waals surface area contributed by atoms with Crippen molar-refractivity contribution in [2.75, 3.05) is 11.9 Å². The first-order valence-electron chi connectivity index (χ1n) is 5.35. The lowest BCUT2D eigenvalue weighted by Gasteiger charge is -2.29. The van der Waals surface area contributed by atoms with Gasteiger partial charge in [-0.15, -0.1) is 0 Å². The molecule has 1 aliphatic rings. The lowest BCUT2D eigenvalue weighted by atomic mass is 10.0. The average molecular weight is 244 g/mol. The summed E-state index contributed by atoms with van der Waals surface area (Å²) in [6, 6.07) is 4.98. The molecule has 1 aromatic carbocycles. The maximum atomic E-state index is 12.9. The minimum Gasteiger partial charge on any atom is -0.382 e. The van der Waals surface area contributed by atoms with Gasteiger partial charge in [0.2, 0.25) is 0 Å². The fraction of sp³-hybridized carbons (Fsp3) is 0.455. The topological polar surface area (TPSA) is 50.1 Å². The first-order chi connectivity index (χ1) is 7.65. The molecule has 3 nitrogen and oxygen atoms in total. The van der Waals surface area contributed by atoms with E-state index in [-0.39, 0.29) is 11.2 Å². The van der Waals surface area contributed by atoms with Crippen molar-refractivity contribution in [1.29, 1.82) is 0 Å². The minimum absolute atomic E-state index is 0.0298. The van der Waals surface area contributed by atoms with E-state index in [0.717, 1.165) is 25.1 Å². The molecule has 0 bridgehead atoms. The van der Waals surface area contributed by atoms with Crippen LogP contribution in [0.3, 0.4) is 0 Å². The molecule has 0 aromatic heterocycles. The highest BCUT2D eigenvalue weighted by atomic mass is 35.5. The Morgan fingerprint density at radius 3 is 3.00 bits per heavy atom. The van der Waals surface area contributed by atoms with Crippen molar-refractivity contribution in [3.8, 4) is 0 Å². The fourth-order valence-electron chi connectivity index (χ4n) is 1.90. The maximum absolute atomic E-state index is 12.9. The van der Waals surface area contributed by atoms with Crippen LogP contribution in [0.15, 0.2) is 18.2 Å². The molecule has 0 amide bonds. The molecule has 1 aliphatic heterocycles. The molecule has 88 valence electrons. The third kappa shape index (κ3) is 2.84. The molecule has 16 heavy (non-hydrogen) atoms. The Kier molecular flexibility index (Phi) is 3.63. The standard InChI is InChI=1S/C11H15ClFN3/c12-9-5-7(1-2-10(9)13)16-8-3-4-15-11(14)6-8/h1-2,5,8,11,15-16H,3-4,6,14H2. The third-order valence-electron chi connectivity index (χ3n) is 2.73. The van der Waals surface area contributed by atoms with Gasteiger partial charge in [-0.2, -0.15) is 0 Å². The molecule has 0 saturated carbocycles. The summed E-state index contributed by atoms with van der Waals surface area (Å²) in [5, 5.41) is 6.62. The molecule has 1 saturated heterocycles. The van der Waals surface area contributed by atoms with E-state index in [9.17, 15) is 4.39 Å². The van der Waals surface area contributed by atoms with E-state index in [1.807, 2.05) is 0 Å². The monoisotopic (exact) mass is 243 g/mol. The van der Waals surface area contributed by atoms with Crippen molar-refractivity contribution < 1.29 is 4.39 Å². The fourth-order valence-corrected chi connectivity index (χ4v) is 2.08. The summed E-state index contributed by atoms with van der Waals surface area (Å²) < 4.78 is 12.9. The summed E-state index contributed by atoms with van der Waals surface area (Å²) in [5.74, 6) is -0.394. The number of benzene rings is 1. The lowest BCUT2D eigenvalue weighted by molar-refractivity contribution is 0.384. The second-order valence-electron chi connectivity index (χ2n) is 4.06. The van der Waals surface area contributed by atoms with Crippen molar-refractivity contribution in [1.82, 2.24) is 5.32 Å². The number of hydrogen-bond donors (Lipinski definition) is 3. The number of anilines is 1. The minimum atomic E-state index is -0.394. The Labute approximate surface area is 99.2 Å². The lowest BCUT2D eigenvalue weighted by Crippen LogP contribution is -2.48. The zero-order valence-corrected chi connectivity index (χ0v) is 9.60. The molecule has 1 heterocycles. The number of piperidine rings is 1. The predicted octanol–water partition coefficient (Wildman–Crippen LogP) is 1.93. The Bertz CT molecular complexity index is 372. The van der Waals surface area contributed by atoms with E-state index >= 15 is 0 Å². The quantitative estimate of drug-likeness (QED) is 0.744. The van der Waals surface area contributed by atoms with Gasteiger partial charge in [-0.1, -0.05) is 11.6 Å². The summed E-state index contributed by atoms with van der Waals surface area (Å²) in [7, 11) is 0. The molecule has 0 radical (unpaired) electrons. The van der Waals surface area contributed by atoms with Crippen LogP contribution in [-0.4, -0.2) is 18.8 Å². The van der Waals surface area contributed by atoms with Crippen molar-refractivity contribution in [3.05, 3.63) is 29.0 Å². The van der Waals surface area contributed by atoms with E-state index in [2.05, 4.69) is 10.6 Å². The molecule has 5 heteroatoms. The van der Waals surface area contributed by atoms with Gasteiger partial charge in [-0.25, -0.2) is 4.39 Å². The van der Waals surface area contributed by atoms with Crippen LogP contribution >= 0.6 is 11.6 Å². The number of nitrogens with one attached hydrogen (secondary N) is 2. The third-order valence-corrected chi connectivity index (χ3v) is 3.02. The summed E-state index contributed by atoms with van der Waals surface area (Å²) >= 11 is 5.71. The van der Waals surface area contributed by atoms with Gasteiger partial charge in [-0.3, -0.25) is 0 Å². The summed E-state index contributed by atoms with van der Waals surface area (Å²) in [6.07, 6.45) is 1.89. The molecule has 1 aromatic rings. The van der Waals surface area contributed by atoms with Crippen molar-refractivity contribution >= 4 is 17.3 Å². The van der Waals surface area contributed by atoms with Crippen molar-refractivity contribution in [3.63, 3.8) is 0 Å². The zero-order chi connectivity index (χ0) is 11.5. The molecular weight excluding hydrogens is 229 g/mol. The number of nitrogens with two attached hydrogens (primary N) is 1. The molecular formula is C11H15ClFN3. The van der Waals surface area contributed by atoms with E-state index in [0.29, 0.717) is 6.04 Å². The molecule has 1 fully saturated rings. The molecule has 4 N–H and O–H groups in total. The normalized spacial score (nSPS) is 25.4. The first kappa shape index (κ1) is 11.6. The van der Waals surface area contributed by atoms with Crippen molar-refractivity contribution in [2.45, 2.75) is 25.0 Å². The second-order valence-corrected chi connectivity index (χ2v) is 4.46. The van der Waals surface area contributed by atoms with Gasteiger partial charge in [0.25, 0.3) is 0 Å². The predicted molar refractivity (Wildman–Crippen MR) is 64.0 cm³/mol. The highest BCUT2D eigenvalue weighted by Gasteiger charge is 2.18. The first-order valence-corrected chi connectivity index (χ1v) is 5.73. The Hall–Kier alpha value is -0.840. The average Bonchev–Trinajstić information content (AvgIpc) is 2.24. The van der Waals surface area contributed by atoms with E-state index in [4.69, 9.17) is 17.3 Å². The van der Waals surface area contributed by atoms with Crippen LogP contribution in [0.5, 0.6) is 0 Å². The van der Waals surface area contributed by atoms with E-state index < -0.39 is 5.82 Å². The van der Waals surface area contributed by atoms with E-state index in [1.165, 1.54) is 6.07 Å². The van der Waals surface area contributed by atoms with Crippen LogP contribution in [0.2, 0.25) is 5.02 Å². The number of rotatable bonds is 2. The van der Waals surface area contributed by atoms with Crippen LogP contribution in [0, 0.1) is 5.82 Å². The largest absolute Gasteiger partial charge is 0.382 e. The molecule has 2 unspecified atom stereocenters. The van der Waals surface area contributed by atoms with Gasteiger partial charge in [0.1, 0.15) is 5.82 Å². The molecule has 0 aliphatic carbocycles.